The standard InChI is InChI=1S/C14H21N3OS/c1-9-5-4-6-10(2)14(9)17-16-13(18)7-12-8-19-11(3)15-12/h8-10H,4-7H2,1-3H3,(H,16,18)/t9-,10-/m1/s1. The molecule has 1 aliphatic carbocycles. The summed E-state index contributed by atoms with van der Waals surface area (Å²) < 4.78 is 0. The molecule has 1 aliphatic rings. The van der Waals surface area contributed by atoms with E-state index in [1.807, 2.05) is 12.3 Å². The van der Waals surface area contributed by atoms with Crippen LogP contribution in [0.1, 0.15) is 43.8 Å². The highest BCUT2D eigenvalue weighted by atomic mass is 32.1. The Morgan fingerprint density at radius 2 is 2.16 bits per heavy atom. The molecule has 0 bridgehead atoms. The Balaban J connectivity index is 1.91. The minimum absolute atomic E-state index is 0.0808. The molecule has 1 fully saturated rings. The van der Waals surface area contributed by atoms with Gasteiger partial charge in [0.25, 0.3) is 0 Å². The lowest BCUT2D eigenvalue weighted by Gasteiger charge is -2.26. The van der Waals surface area contributed by atoms with Crippen LogP contribution in [0, 0.1) is 18.8 Å². The van der Waals surface area contributed by atoms with E-state index >= 15 is 0 Å². The Morgan fingerprint density at radius 3 is 2.74 bits per heavy atom. The SMILES string of the molecule is Cc1nc(CC(=O)NN=C2[C@H](C)CCC[C@H]2C)cs1. The summed E-state index contributed by atoms with van der Waals surface area (Å²) >= 11 is 1.57. The number of aromatic nitrogens is 1. The van der Waals surface area contributed by atoms with Crippen molar-refractivity contribution in [3.05, 3.63) is 16.1 Å². The van der Waals surface area contributed by atoms with Gasteiger partial charge in [0.1, 0.15) is 0 Å². The lowest BCUT2D eigenvalue weighted by molar-refractivity contribution is -0.120. The van der Waals surface area contributed by atoms with E-state index in [0.717, 1.165) is 16.4 Å². The van der Waals surface area contributed by atoms with Gasteiger partial charge in [-0.2, -0.15) is 5.10 Å². The van der Waals surface area contributed by atoms with Crippen LogP contribution in [0.5, 0.6) is 0 Å². The summed E-state index contributed by atoms with van der Waals surface area (Å²) in [5.74, 6) is 0.874. The summed E-state index contributed by atoms with van der Waals surface area (Å²) in [6.45, 7) is 6.31. The van der Waals surface area contributed by atoms with Crippen molar-refractivity contribution in [3.8, 4) is 0 Å². The average molecular weight is 279 g/mol. The molecule has 0 saturated heterocycles. The van der Waals surface area contributed by atoms with Crippen LogP contribution in [0.3, 0.4) is 0 Å². The van der Waals surface area contributed by atoms with Crippen molar-refractivity contribution in [3.63, 3.8) is 0 Å². The van der Waals surface area contributed by atoms with Crippen LogP contribution in [0.25, 0.3) is 0 Å². The number of thiazole rings is 1. The van der Waals surface area contributed by atoms with Gasteiger partial charge in [-0.05, 0) is 31.6 Å². The molecule has 1 saturated carbocycles. The maximum absolute atomic E-state index is 11.8. The van der Waals surface area contributed by atoms with Crippen LogP contribution in [-0.2, 0) is 11.2 Å². The highest BCUT2D eigenvalue weighted by Crippen LogP contribution is 2.25. The molecule has 2 atom stereocenters. The Morgan fingerprint density at radius 1 is 1.47 bits per heavy atom. The van der Waals surface area contributed by atoms with E-state index in [-0.39, 0.29) is 5.91 Å². The van der Waals surface area contributed by atoms with Gasteiger partial charge in [-0.25, -0.2) is 10.4 Å². The van der Waals surface area contributed by atoms with Crippen LogP contribution in [-0.4, -0.2) is 16.6 Å². The molecule has 1 aromatic rings. The summed E-state index contributed by atoms with van der Waals surface area (Å²) in [7, 11) is 0. The van der Waals surface area contributed by atoms with Gasteiger partial charge in [-0.15, -0.1) is 11.3 Å². The lowest BCUT2D eigenvalue weighted by Crippen LogP contribution is -2.29. The first-order valence-corrected chi connectivity index (χ1v) is 7.71. The fourth-order valence-electron chi connectivity index (χ4n) is 2.55. The molecule has 0 radical (unpaired) electrons. The fourth-order valence-corrected chi connectivity index (χ4v) is 3.17. The lowest BCUT2D eigenvalue weighted by atomic mass is 9.81. The first-order chi connectivity index (χ1) is 9.06. The van der Waals surface area contributed by atoms with Crippen LogP contribution in [0.4, 0.5) is 0 Å². The number of carbonyl (C=O) groups excluding carboxylic acids is 1. The molecule has 19 heavy (non-hydrogen) atoms. The number of carbonyl (C=O) groups is 1. The third-order valence-electron chi connectivity index (χ3n) is 3.60. The van der Waals surface area contributed by atoms with Crippen LogP contribution in [0.15, 0.2) is 10.5 Å². The predicted octanol–water partition coefficient (Wildman–Crippen LogP) is 2.92. The zero-order valence-electron chi connectivity index (χ0n) is 11.8. The second-order valence-corrected chi connectivity index (χ2v) is 6.40. The molecule has 1 aromatic heterocycles. The quantitative estimate of drug-likeness (QED) is 0.865. The summed E-state index contributed by atoms with van der Waals surface area (Å²) in [6, 6.07) is 0. The number of aryl methyl sites for hydroxylation is 1. The van der Waals surface area contributed by atoms with Gasteiger partial charge in [0.05, 0.1) is 17.1 Å². The Labute approximate surface area is 118 Å². The number of nitrogens with one attached hydrogen (secondary N) is 1. The largest absolute Gasteiger partial charge is 0.273 e. The van der Waals surface area contributed by atoms with E-state index in [9.17, 15) is 4.79 Å². The fraction of sp³-hybridized carbons (Fsp3) is 0.643. The van der Waals surface area contributed by atoms with Crippen molar-refractivity contribution in [2.24, 2.45) is 16.9 Å². The van der Waals surface area contributed by atoms with Gasteiger partial charge in [0.2, 0.25) is 5.91 Å². The van der Waals surface area contributed by atoms with Crippen molar-refractivity contribution in [2.45, 2.75) is 46.5 Å². The minimum atomic E-state index is -0.0808. The third-order valence-corrected chi connectivity index (χ3v) is 4.42. The van der Waals surface area contributed by atoms with Crippen molar-refractivity contribution in [2.75, 3.05) is 0 Å². The highest BCUT2D eigenvalue weighted by Gasteiger charge is 2.23. The molecule has 1 N–H and O–H groups in total. The smallest absolute Gasteiger partial charge is 0.246 e. The summed E-state index contributed by atoms with van der Waals surface area (Å²) in [4.78, 5) is 16.1. The Bertz CT molecular complexity index is 469. The molecule has 0 spiro atoms. The highest BCUT2D eigenvalue weighted by molar-refractivity contribution is 7.09. The average Bonchev–Trinajstić information content (AvgIpc) is 2.74. The molecule has 0 aromatic carbocycles. The summed E-state index contributed by atoms with van der Waals surface area (Å²) in [5, 5.41) is 7.25. The molecular weight excluding hydrogens is 258 g/mol. The van der Waals surface area contributed by atoms with Gasteiger partial charge < -0.3 is 0 Å². The van der Waals surface area contributed by atoms with E-state index in [1.165, 1.54) is 19.3 Å². The van der Waals surface area contributed by atoms with E-state index in [4.69, 9.17) is 0 Å². The maximum Gasteiger partial charge on any atom is 0.246 e. The normalized spacial score (nSPS) is 23.2. The number of hydrogen-bond donors (Lipinski definition) is 1. The van der Waals surface area contributed by atoms with Crippen LogP contribution < -0.4 is 5.43 Å². The minimum Gasteiger partial charge on any atom is -0.273 e. The van der Waals surface area contributed by atoms with E-state index in [2.05, 4.69) is 29.4 Å². The molecule has 0 aliphatic heterocycles. The van der Waals surface area contributed by atoms with Crippen molar-refractivity contribution in [1.29, 1.82) is 0 Å². The van der Waals surface area contributed by atoms with Crippen LogP contribution >= 0.6 is 11.3 Å². The van der Waals surface area contributed by atoms with Gasteiger partial charge >= 0.3 is 0 Å². The Kier molecular flexibility index (Phi) is 4.69. The van der Waals surface area contributed by atoms with Gasteiger partial charge in [0, 0.05) is 11.1 Å². The molecule has 104 valence electrons. The van der Waals surface area contributed by atoms with Crippen molar-refractivity contribution in [1.82, 2.24) is 10.4 Å². The zero-order valence-corrected chi connectivity index (χ0v) is 12.6. The van der Waals surface area contributed by atoms with E-state index in [0.29, 0.717) is 18.3 Å². The third kappa shape index (κ3) is 3.86. The zero-order chi connectivity index (χ0) is 13.8. The van der Waals surface area contributed by atoms with Gasteiger partial charge in [-0.1, -0.05) is 20.3 Å². The van der Waals surface area contributed by atoms with Crippen molar-refractivity contribution >= 4 is 23.0 Å². The monoisotopic (exact) mass is 279 g/mol. The Hall–Kier alpha value is -1.23. The molecule has 0 unspecified atom stereocenters. The van der Waals surface area contributed by atoms with E-state index in [1.54, 1.807) is 11.3 Å². The number of nitrogens with zero attached hydrogens (tertiary/aromatic N) is 2. The molecule has 1 amide bonds. The first kappa shape index (κ1) is 14.2. The van der Waals surface area contributed by atoms with Crippen molar-refractivity contribution < 1.29 is 4.79 Å². The second-order valence-electron chi connectivity index (χ2n) is 5.34. The van der Waals surface area contributed by atoms with Gasteiger partial charge in [0.15, 0.2) is 0 Å². The predicted molar refractivity (Wildman–Crippen MR) is 78.3 cm³/mol. The number of hydrazone groups is 1. The molecule has 1 heterocycles. The second kappa shape index (κ2) is 6.28. The summed E-state index contributed by atoms with van der Waals surface area (Å²) in [6.07, 6.45) is 3.91. The summed E-state index contributed by atoms with van der Waals surface area (Å²) in [5.41, 5.74) is 4.64. The maximum atomic E-state index is 11.8. The first-order valence-electron chi connectivity index (χ1n) is 6.83. The van der Waals surface area contributed by atoms with Crippen LogP contribution in [0.2, 0.25) is 0 Å². The topological polar surface area (TPSA) is 54.4 Å². The molecule has 2 rings (SSSR count). The number of amides is 1. The molecule has 4 nitrogen and oxygen atoms in total. The number of rotatable bonds is 3. The van der Waals surface area contributed by atoms with Gasteiger partial charge in [-0.3, -0.25) is 4.79 Å². The number of hydrogen-bond acceptors (Lipinski definition) is 4. The molecule has 5 heteroatoms. The van der Waals surface area contributed by atoms with E-state index < -0.39 is 0 Å². The molecular formula is C14H21N3OS.